The van der Waals surface area contributed by atoms with E-state index in [9.17, 15) is 16.8 Å². The molecule has 2 fully saturated rings. The van der Waals surface area contributed by atoms with Gasteiger partial charge in [0.1, 0.15) is 5.75 Å². The lowest BCUT2D eigenvalue weighted by Crippen LogP contribution is -2.53. The normalized spacial score (nSPS) is 21.5. The first-order valence-electron chi connectivity index (χ1n) is 8.25. The summed E-state index contributed by atoms with van der Waals surface area (Å²) in [6.07, 6.45) is 1.76. The summed E-state index contributed by atoms with van der Waals surface area (Å²) in [5.41, 5.74) is 0. The number of ether oxygens (including phenoxy) is 1. The van der Waals surface area contributed by atoms with Crippen LogP contribution in [0.4, 0.5) is 0 Å². The van der Waals surface area contributed by atoms with Crippen LogP contribution in [0.2, 0.25) is 0 Å². The zero-order valence-corrected chi connectivity index (χ0v) is 15.8. The van der Waals surface area contributed by atoms with Crippen LogP contribution in [0.3, 0.4) is 0 Å². The SMILES string of the molecule is COc1ccc(S(=O)(=O)N2CCN(S(=O)(=O)N3CCCC3)CC2)cc1. The van der Waals surface area contributed by atoms with Crippen molar-refractivity contribution >= 4 is 20.2 Å². The molecule has 0 N–H and O–H groups in total. The van der Waals surface area contributed by atoms with E-state index >= 15 is 0 Å². The number of rotatable bonds is 5. The minimum atomic E-state index is -3.63. The van der Waals surface area contributed by atoms with Crippen LogP contribution >= 0.6 is 0 Å². The van der Waals surface area contributed by atoms with Gasteiger partial charge in [-0.3, -0.25) is 0 Å². The molecule has 0 bridgehead atoms. The highest BCUT2D eigenvalue weighted by atomic mass is 32.2. The second kappa shape index (κ2) is 7.20. The largest absolute Gasteiger partial charge is 0.497 e. The molecule has 140 valence electrons. The minimum absolute atomic E-state index is 0.154. The Balaban J connectivity index is 1.68. The highest BCUT2D eigenvalue weighted by Crippen LogP contribution is 2.23. The summed E-state index contributed by atoms with van der Waals surface area (Å²) in [6.45, 7) is 1.75. The molecule has 0 aliphatic carbocycles. The number of methoxy groups -OCH3 is 1. The van der Waals surface area contributed by atoms with Crippen molar-refractivity contribution in [1.29, 1.82) is 0 Å². The Hall–Kier alpha value is -1.20. The highest BCUT2D eigenvalue weighted by molar-refractivity contribution is 7.89. The molecule has 10 heteroatoms. The monoisotopic (exact) mass is 389 g/mol. The first kappa shape index (κ1) is 18.6. The lowest BCUT2D eigenvalue weighted by molar-refractivity contribution is 0.259. The van der Waals surface area contributed by atoms with Crippen molar-refractivity contribution in [2.24, 2.45) is 0 Å². The molecule has 1 aromatic rings. The summed E-state index contributed by atoms with van der Waals surface area (Å²) in [4.78, 5) is 0.184. The first-order valence-corrected chi connectivity index (χ1v) is 11.1. The van der Waals surface area contributed by atoms with E-state index in [1.165, 1.54) is 32.2 Å². The predicted octanol–water partition coefficient (Wildman–Crippen LogP) is 0.342. The van der Waals surface area contributed by atoms with Crippen molar-refractivity contribution in [1.82, 2.24) is 12.9 Å². The summed E-state index contributed by atoms with van der Waals surface area (Å²) in [5.74, 6) is 0.584. The summed E-state index contributed by atoms with van der Waals surface area (Å²) in [7, 11) is -5.59. The molecule has 0 amide bonds. The van der Waals surface area contributed by atoms with Gasteiger partial charge in [-0.25, -0.2) is 8.42 Å². The fourth-order valence-electron chi connectivity index (χ4n) is 3.12. The maximum absolute atomic E-state index is 12.7. The molecule has 0 saturated carbocycles. The van der Waals surface area contributed by atoms with Gasteiger partial charge in [-0.05, 0) is 37.1 Å². The maximum Gasteiger partial charge on any atom is 0.282 e. The van der Waals surface area contributed by atoms with Gasteiger partial charge in [0.05, 0.1) is 12.0 Å². The Morgan fingerprint density at radius 1 is 0.760 bits per heavy atom. The highest BCUT2D eigenvalue weighted by Gasteiger charge is 2.36. The molecular weight excluding hydrogens is 366 g/mol. The zero-order valence-electron chi connectivity index (χ0n) is 14.2. The Morgan fingerprint density at radius 2 is 1.24 bits per heavy atom. The molecule has 3 rings (SSSR count). The molecule has 8 nitrogen and oxygen atoms in total. The molecule has 2 aliphatic rings. The third-order valence-electron chi connectivity index (χ3n) is 4.61. The minimum Gasteiger partial charge on any atom is -0.497 e. The molecule has 2 saturated heterocycles. The number of hydrogen-bond acceptors (Lipinski definition) is 5. The van der Waals surface area contributed by atoms with Crippen molar-refractivity contribution in [2.45, 2.75) is 17.7 Å². The van der Waals surface area contributed by atoms with E-state index in [-0.39, 0.29) is 31.1 Å². The number of sulfonamides is 1. The molecular formula is C15H23N3O5S2. The van der Waals surface area contributed by atoms with Crippen LogP contribution < -0.4 is 4.74 Å². The number of piperazine rings is 1. The quantitative estimate of drug-likeness (QED) is 0.725. The van der Waals surface area contributed by atoms with Gasteiger partial charge in [-0.2, -0.15) is 21.3 Å². The van der Waals surface area contributed by atoms with Gasteiger partial charge < -0.3 is 4.74 Å². The molecule has 0 atom stereocenters. The van der Waals surface area contributed by atoms with E-state index in [0.717, 1.165) is 12.8 Å². The van der Waals surface area contributed by atoms with Gasteiger partial charge in [0.25, 0.3) is 10.2 Å². The van der Waals surface area contributed by atoms with Crippen LogP contribution in [0.1, 0.15) is 12.8 Å². The van der Waals surface area contributed by atoms with Gasteiger partial charge in [-0.15, -0.1) is 0 Å². The second-order valence-corrected chi connectivity index (χ2v) is 9.96. The third-order valence-corrected chi connectivity index (χ3v) is 8.56. The lowest BCUT2D eigenvalue weighted by atomic mass is 10.3. The van der Waals surface area contributed by atoms with E-state index < -0.39 is 20.2 Å². The van der Waals surface area contributed by atoms with Crippen LogP contribution in [0.5, 0.6) is 5.75 Å². The van der Waals surface area contributed by atoms with Crippen molar-refractivity contribution in [3.63, 3.8) is 0 Å². The maximum atomic E-state index is 12.7. The Morgan fingerprint density at radius 3 is 1.76 bits per heavy atom. The topological polar surface area (TPSA) is 87.2 Å². The molecule has 2 heterocycles. The molecule has 0 spiro atoms. The zero-order chi connectivity index (χ0) is 18.1. The van der Waals surface area contributed by atoms with Gasteiger partial charge in [0, 0.05) is 39.3 Å². The predicted molar refractivity (Wildman–Crippen MR) is 93.1 cm³/mol. The summed E-state index contributed by atoms with van der Waals surface area (Å²) in [5, 5.41) is 0. The summed E-state index contributed by atoms with van der Waals surface area (Å²) < 4.78 is 59.8. The van der Waals surface area contributed by atoms with E-state index in [0.29, 0.717) is 18.8 Å². The average molecular weight is 389 g/mol. The Kier molecular flexibility index (Phi) is 5.35. The van der Waals surface area contributed by atoms with Crippen LogP contribution in [0.15, 0.2) is 29.2 Å². The summed E-state index contributed by atoms with van der Waals surface area (Å²) in [6, 6.07) is 6.20. The molecule has 2 aliphatic heterocycles. The van der Waals surface area contributed by atoms with Crippen LogP contribution in [-0.4, -0.2) is 76.1 Å². The molecule has 0 unspecified atom stereocenters. The van der Waals surface area contributed by atoms with Crippen molar-refractivity contribution in [3.8, 4) is 5.75 Å². The molecule has 25 heavy (non-hydrogen) atoms. The van der Waals surface area contributed by atoms with Crippen molar-refractivity contribution < 1.29 is 21.6 Å². The van der Waals surface area contributed by atoms with Crippen LogP contribution in [-0.2, 0) is 20.2 Å². The van der Waals surface area contributed by atoms with Gasteiger partial charge in [0.15, 0.2) is 0 Å². The van der Waals surface area contributed by atoms with Crippen molar-refractivity contribution in [2.75, 3.05) is 46.4 Å². The third kappa shape index (κ3) is 3.68. The number of benzene rings is 1. The molecule has 1 aromatic carbocycles. The number of nitrogens with zero attached hydrogens (tertiary/aromatic N) is 3. The average Bonchev–Trinajstić information content (AvgIpc) is 3.17. The first-order chi connectivity index (χ1) is 11.9. The standard InChI is InChI=1S/C15H23N3O5S2/c1-23-14-4-6-15(7-5-14)24(19,20)16-10-12-18(13-11-16)25(21,22)17-8-2-3-9-17/h4-7H,2-3,8-13H2,1H3. The van der Waals surface area contributed by atoms with E-state index in [1.54, 1.807) is 12.1 Å². The van der Waals surface area contributed by atoms with Crippen molar-refractivity contribution in [3.05, 3.63) is 24.3 Å². The fourth-order valence-corrected chi connectivity index (χ4v) is 6.21. The Labute approximate surface area is 149 Å². The Bertz CT molecular complexity index is 794. The lowest BCUT2D eigenvalue weighted by Gasteiger charge is -2.35. The molecule has 0 aromatic heterocycles. The van der Waals surface area contributed by atoms with E-state index in [4.69, 9.17) is 4.74 Å². The summed E-state index contributed by atoms with van der Waals surface area (Å²) >= 11 is 0. The molecule has 0 radical (unpaired) electrons. The van der Waals surface area contributed by atoms with Gasteiger partial charge in [0.2, 0.25) is 10.0 Å². The van der Waals surface area contributed by atoms with Crippen LogP contribution in [0, 0.1) is 0 Å². The van der Waals surface area contributed by atoms with Gasteiger partial charge in [-0.1, -0.05) is 0 Å². The number of hydrogen-bond donors (Lipinski definition) is 0. The fraction of sp³-hybridized carbons (Fsp3) is 0.600. The smallest absolute Gasteiger partial charge is 0.282 e. The van der Waals surface area contributed by atoms with E-state index in [2.05, 4.69) is 0 Å². The van der Waals surface area contributed by atoms with E-state index in [1.807, 2.05) is 0 Å². The second-order valence-electron chi connectivity index (χ2n) is 6.09. The van der Waals surface area contributed by atoms with Gasteiger partial charge >= 0.3 is 0 Å². The van der Waals surface area contributed by atoms with Crippen LogP contribution in [0.25, 0.3) is 0 Å².